The molecule has 4 atom stereocenters. The van der Waals surface area contributed by atoms with Gasteiger partial charge in [-0.2, -0.15) is 0 Å². The molecule has 27 heavy (non-hydrogen) atoms. The second kappa shape index (κ2) is 5.58. The highest BCUT2D eigenvalue weighted by Crippen LogP contribution is 2.52. The van der Waals surface area contributed by atoms with Crippen molar-refractivity contribution < 1.29 is 19.1 Å². The molecule has 4 aliphatic rings. The van der Waals surface area contributed by atoms with Gasteiger partial charge < -0.3 is 19.3 Å². The van der Waals surface area contributed by atoms with Gasteiger partial charge in [0.25, 0.3) is 0 Å². The predicted octanol–water partition coefficient (Wildman–Crippen LogP) is 1.30. The summed E-state index contributed by atoms with van der Waals surface area (Å²) in [5.41, 5.74) is 1.61. The minimum atomic E-state index is -0.601. The van der Waals surface area contributed by atoms with E-state index in [9.17, 15) is 9.59 Å². The van der Waals surface area contributed by atoms with Crippen molar-refractivity contribution in [3.8, 4) is 5.75 Å². The normalized spacial score (nSPS) is 34.2. The summed E-state index contributed by atoms with van der Waals surface area (Å²) < 4.78 is 12.2. The van der Waals surface area contributed by atoms with E-state index >= 15 is 0 Å². The topological polar surface area (TPSA) is 59.1 Å². The summed E-state index contributed by atoms with van der Waals surface area (Å²) >= 11 is 0. The standard InChI is InChI=1S/C21H24N2O4/c1-12-5-4-6-13(2)18(12)26-14-9-23(10-14)19(24)16-15-7-8-21(27-15)11-22(3)20(25)17(16)21/h4-8,14-17H,9-11H2,1-3H3/t15-,16-,17+,21-/m0/s1. The Morgan fingerprint density at radius 2 is 1.96 bits per heavy atom. The maximum Gasteiger partial charge on any atom is 0.229 e. The third kappa shape index (κ3) is 2.29. The molecule has 4 aliphatic heterocycles. The smallest absolute Gasteiger partial charge is 0.229 e. The minimum absolute atomic E-state index is 0.000264. The first-order valence-corrected chi connectivity index (χ1v) is 9.53. The summed E-state index contributed by atoms with van der Waals surface area (Å²) in [5, 5.41) is 0. The van der Waals surface area contributed by atoms with Crippen molar-refractivity contribution in [2.24, 2.45) is 11.8 Å². The number of amides is 2. The highest BCUT2D eigenvalue weighted by Gasteiger charge is 2.67. The number of benzene rings is 1. The van der Waals surface area contributed by atoms with Gasteiger partial charge in [0.05, 0.1) is 37.6 Å². The summed E-state index contributed by atoms with van der Waals surface area (Å²) in [6.07, 6.45) is 3.66. The Morgan fingerprint density at radius 3 is 2.67 bits per heavy atom. The first-order chi connectivity index (χ1) is 12.9. The van der Waals surface area contributed by atoms with Crippen LogP contribution in [0.5, 0.6) is 5.75 Å². The first kappa shape index (κ1) is 16.8. The molecule has 0 unspecified atom stereocenters. The van der Waals surface area contributed by atoms with Crippen LogP contribution in [0.1, 0.15) is 11.1 Å². The average molecular weight is 368 g/mol. The Balaban J connectivity index is 1.27. The molecule has 2 amide bonds. The highest BCUT2D eigenvalue weighted by atomic mass is 16.5. The van der Waals surface area contributed by atoms with Crippen LogP contribution in [0.3, 0.4) is 0 Å². The van der Waals surface area contributed by atoms with Crippen molar-refractivity contribution in [2.45, 2.75) is 31.7 Å². The molecule has 0 saturated carbocycles. The Morgan fingerprint density at radius 1 is 1.26 bits per heavy atom. The quantitative estimate of drug-likeness (QED) is 0.755. The van der Waals surface area contributed by atoms with Crippen LogP contribution in [0.4, 0.5) is 0 Å². The van der Waals surface area contributed by atoms with Crippen molar-refractivity contribution in [2.75, 3.05) is 26.7 Å². The number of carbonyl (C=O) groups excluding carboxylic acids is 2. The summed E-state index contributed by atoms with van der Waals surface area (Å²) in [5.74, 6) is 0.148. The van der Waals surface area contributed by atoms with Gasteiger partial charge >= 0.3 is 0 Å². The molecule has 5 rings (SSSR count). The molecule has 3 fully saturated rings. The number of hydrogen-bond acceptors (Lipinski definition) is 4. The third-order valence-corrected chi connectivity index (χ3v) is 6.43. The molecule has 0 radical (unpaired) electrons. The zero-order valence-electron chi connectivity index (χ0n) is 15.8. The van der Waals surface area contributed by atoms with Gasteiger partial charge in [0, 0.05) is 7.05 Å². The molecule has 1 aromatic carbocycles. The van der Waals surface area contributed by atoms with Gasteiger partial charge in [-0.15, -0.1) is 0 Å². The lowest BCUT2D eigenvalue weighted by Crippen LogP contribution is -2.59. The van der Waals surface area contributed by atoms with Gasteiger partial charge in [0.15, 0.2) is 0 Å². The predicted molar refractivity (Wildman–Crippen MR) is 98.3 cm³/mol. The van der Waals surface area contributed by atoms with Gasteiger partial charge in [-0.3, -0.25) is 9.59 Å². The van der Waals surface area contributed by atoms with E-state index in [4.69, 9.17) is 9.47 Å². The van der Waals surface area contributed by atoms with E-state index in [0.29, 0.717) is 19.6 Å². The second-order valence-corrected chi connectivity index (χ2v) is 8.30. The molecule has 142 valence electrons. The maximum absolute atomic E-state index is 13.1. The van der Waals surface area contributed by atoms with E-state index in [2.05, 4.69) is 0 Å². The van der Waals surface area contributed by atoms with E-state index < -0.39 is 11.5 Å². The lowest BCUT2D eigenvalue weighted by atomic mass is 9.76. The van der Waals surface area contributed by atoms with E-state index in [1.165, 1.54) is 0 Å². The fourth-order valence-corrected chi connectivity index (χ4v) is 5.03. The zero-order chi connectivity index (χ0) is 18.9. The average Bonchev–Trinajstić information content (AvgIpc) is 3.21. The molecule has 2 bridgehead atoms. The molecular formula is C21H24N2O4. The van der Waals surface area contributed by atoms with Gasteiger partial charge in [0.2, 0.25) is 11.8 Å². The highest BCUT2D eigenvalue weighted by molar-refractivity contribution is 5.93. The summed E-state index contributed by atoms with van der Waals surface area (Å²) in [6, 6.07) is 6.08. The Bertz CT molecular complexity index is 839. The number of hydrogen-bond donors (Lipinski definition) is 0. The number of likely N-dealkylation sites (N-methyl/N-ethyl adjacent to an activating group) is 1. The lowest BCUT2D eigenvalue weighted by Gasteiger charge is -2.41. The number of rotatable bonds is 3. The zero-order valence-corrected chi connectivity index (χ0v) is 15.8. The molecule has 6 heteroatoms. The minimum Gasteiger partial charge on any atom is -0.486 e. The Hall–Kier alpha value is -2.34. The lowest BCUT2D eigenvalue weighted by molar-refractivity contribution is -0.149. The number of likely N-dealkylation sites (tertiary alicyclic amines) is 2. The molecule has 1 spiro atoms. The number of aryl methyl sites for hydroxylation is 2. The molecule has 4 heterocycles. The van der Waals surface area contributed by atoms with E-state index in [1.54, 1.807) is 16.8 Å². The Kier molecular flexibility index (Phi) is 3.47. The summed E-state index contributed by atoms with van der Waals surface area (Å²) in [4.78, 5) is 29.2. The molecule has 3 saturated heterocycles. The molecule has 0 N–H and O–H groups in total. The van der Waals surface area contributed by atoms with Crippen LogP contribution in [-0.2, 0) is 14.3 Å². The molecule has 0 aromatic heterocycles. The van der Waals surface area contributed by atoms with Crippen molar-refractivity contribution >= 4 is 11.8 Å². The number of nitrogens with zero attached hydrogens (tertiary/aromatic N) is 2. The SMILES string of the molecule is Cc1cccc(C)c1OC1CN(C(=O)[C@H]2[C@@H]3C=C[C@@]4(CN(C)C(=O)[C@@H]24)O3)C1. The molecule has 0 aliphatic carbocycles. The monoisotopic (exact) mass is 368 g/mol. The van der Waals surface area contributed by atoms with Gasteiger partial charge in [0.1, 0.15) is 17.5 Å². The van der Waals surface area contributed by atoms with Gasteiger partial charge in [-0.25, -0.2) is 0 Å². The number of para-hydroxylation sites is 1. The van der Waals surface area contributed by atoms with Crippen LogP contribution in [0.2, 0.25) is 0 Å². The van der Waals surface area contributed by atoms with Crippen LogP contribution in [0.25, 0.3) is 0 Å². The van der Waals surface area contributed by atoms with Crippen LogP contribution >= 0.6 is 0 Å². The largest absolute Gasteiger partial charge is 0.486 e. The summed E-state index contributed by atoms with van der Waals surface area (Å²) in [6.45, 7) is 5.72. The fourth-order valence-electron chi connectivity index (χ4n) is 5.03. The van der Waals surface area contributed by atoms with Gasteiger partial charge in [-0.05, 0) is 25.0 Å². The fraction of sp³-hybridized carbons (Fsp3) is 0.524. The molecule has 1 aromatic rings. The number of carbonyl (C=O) groups is 2. The van der Waals surface area contributed by atoms with E-state index in [1.807, 2.05) is 44.2 Å². The maximum atomic E-state index is 13.1. The van der Waals surface area contributed by atoms with Crippen molar-refractivity contribution in [3.05, 3.63) is 41.5 Å². The van der Waals surface area contributed by atoms with Crippen LogP contribution in [-0.4, -0.2) is 66.1 Å². The van der Waals surface area contributed by atoms with Crippen LogP contribution in [0, 0.1) is 25.7 Å². The van der Waals surface area contributed by atoms with Gasteiger partial charge in [-0.1, -0.05) is 30.4 Å². The van der Waals surface area contributed by atoms with E-state index in [0.717, 1.165) is 16.9 Å². The molecule has 6 nitrogen and oxygen atoms in total. The van der Waals surface area contributed by atoms with Crippen molar-refractivity contribution in [3.63, 3.8) is 0 Å². The second-order valence-electron chi connectivity index (χ2n) is 8.30. The van der Waals surface area contributed by atoms with E-state index in [-0.39, 0.29) is 29.9 Å². The Labute approximate surface area is 158 Å². The summed E-state index contributed by atoms with van der Waals surface area (Å²) in [7, 11) is 1.78. The van der Waals surface area contributed by atoms with Crippen LogP contribution in [0.15, 0.2) is 30.4 Å². The third-order valence-electron chi connectivity index (χ3n) is 6.43. The first-order valence-electron chi connectivity index (χ1n) is 9.53. The number of fused-ring (bicyclic) bond motifs is 1. The van der Waals surface area contributed by atoms with Crippen molar-refractivity contribution in [1.29, 1.82) is 0 Å². The number of ether oxygens (including phenoxy) is 2. The van der Waals surface area contributed by atoms with Crippen molar-refractivity contribution in [1.82, 2.24) is 9.80 Å². The van der Waals surface area contributed by atoms with Crippen LogP contribution < -0.4 is 4.74 Å². The molecular weight excluding hydrogens is 344 g/mol.